The van der Waals surface area contributed by atoms with Crippen LogP contribution in [0.5, 0.6) is 0 Å². The molecule has 0 fully saturated rings. The minimum Gasteiger partial charge on any atom is -0.477 e. The standard InChI is InChI=1S/C13H16N4O3S/c1-6-4-9(10(15-6)12(18)19)17-13(20)16-8(3)11-14-5-7(2)21-11/h4-5,8,15H,1-3H3,(H,18,19)(H2,16,17,20). The van der Waals surface area contributed by atoms with Crippen molar-refractivity contribution in [3.05, 3.63) is 33.5 Å². The number of rotatable bonds is 4. The molecule has 8 heteroatoms. The highest BCUT2D eigenvalue weighted by molar-refractivity contribution is 7.11. The summed E-state index contributed by atoms with van der Waals surface area (Å²) in [5.41, 5.74) is 0.853. The Morgan fingerprint density at radius 3 is 2.71 bits per heavy atom. The SMILES string of the molecule is Cc1cc(NC(=O)NC(C)c2ncc(C)s2)c(C(=O)O)[nH]1. The van der Waals surface area contributed by atoms with Gasteiger partial charge in [0.15, 0.2) is 0 Å². The number of carbonyl (C=O) groups excluding carboxylic acids is 1. The Kier molecular flexibility index (Phi) is 4.27. The molecule has 1 unspecified atom stereocenters. The molecule has 0 aliphatic heterocycles. The summed E-state index contributed by atoms with van der Waals surface area (Å²) in [6.07, 6.45) is 1.74. The second-order valence-electron chi connectivity index (χ2n) is 4.68. The van der Waals surface area contributed by atoms with Gasteiger partial charge in [0.25, 0.3) is 0 Å². The number of aromatic carboxylic acids is 1. The lowest BCUT2D eigenvalue weighted by Gasteiger charge is -2.12. The first-order valence-electron chi connectivity index (χ1n) is 6.29. The molecule has 2 aromatic rings. The average Bonchev–Trinajstić information content (AvgIpc) is 2.95. The van der Waals surface area contributed by atoms with E-state index >= 15 is 0 Å². The Morgan fingerprint density at radius 2 is 2.14 bits per heavy atom. The van der Waals surface area contributed by atoms with Gasteiger partial charge in [-0.25, -0.2) is 14.6 Å². The highest BCUT2D eigenvalue weighted by Gasteiger charge is 2.17. The first-order valence-corrected chi connectivity index (χ1v) is 7.11. The lowest BCUT2D eigenvalue weighted by molar-refractivity contribution is 0.0692. The van der Waals surface area contributed by atoms with Crippen molar-refractivity contribution >= 4 is 29.0 Å². The molecule has 4 N–H and O–H groups in total. The Morgan fingerprint density at radius 1 is 1.43 bits per heavy atom. The number of thiazole rings is 1. The van der Waals surface area contributed by atoms with E-state index in [2.05, 4.69) is 20.6 Å². The molecule has 21 heavy (non-hydrogen) atoms. The molecular formula is C13H16N4O3S. The van der Waals surface area contributed by atoms with E-state index in [9.17, 15) is 9.59 Å². The van der Waals surface area contributed by atoms with Gasteiger partial charge in [-0.15, -0.1) is 11.3 Å². The largest absolute Gasteiger partial charge is 0.477 e. The van der Waals surface area contributed by atoms with Gasteiger partial charge in [-0.3, -0.25) is 0 Å². The van der Waals surface area contributed by atoms with Crippen molar-refractivity contribution in [2.45, 2.75) is 26.8 Å². The summed E-state index contributed by atoms with van der Waals surface area (Å²) in [5, 5.41) is 15.1. The summed E-state index contributed by atoms with van der Waals surface area (Å²) in [6, 6.07) is 0.843. The Bertz CT molecular complexity index is 677. The molecule has 2 aromatic heterocycles. The lowest BCUT2D eigenvalue weighted by atomic mass is 10.3. The van der Waals surface area contributed by atoms with Crippen molar-refractivity contribution in [2.24, 2.45) is 0 Å². The number of urea groups is 1. The summed E-state index contributed by atoms with van der Waals surface area (Å²) in [6.45, 7) is 5.48. The summed E-state index contributed by atoms with van der Waals surface area (Å²) in [7, 11) is 0. The van der Waals surface area contributed by atoms with E-state index in [0.717, 1.165) is 9.88 Å². The third kappa shape index (κ3) is 3.60. The number of anilines is 1. The number of aromatic nitrogens is 2. The number of aromatic amines is 1. The molecule has 0 aliphatic carbocycles. The van der Waals surface area contributed by atoms with E-state index in [1.165, 1.54) is 11.3 Å². The highest BCUT2D eigenvalue weighted by atomic mass is 32.1. The van der Waals surface area contributed by atoms with Crippen molar-refractivity contribution in [3.63, 3.8) is 0 Å². The lowest BCUT2D eigenvalue weighted by Crippen LogP contribution is -2.31. The molecule has 7 nitrogen and oxygen atoms in total. The maximum Gasteiger partial charge on any atom is 0.354 e. The molecule has 0 saturated heterocycles. The Hall–Kier alpha value is -2.35. The number of carboxylic acid groups (broad SMARTS) is 1. The monoisotopic (exact) mass is 308 g/mol. The Labute approximate surface area is 125 Å². The van der Waals surface area contributed by atoms with Crippen molar-refractivity contribution in [1.29, 1.82) is 0 Å². The summed E-state index contributed by atoms with van der Waals surface area (Å²) < 4.78 is 0. The minimum atomic E-state index is -1.12. The van der Waals surface area contributed by atoms with Crippen LogP contribution in [0.4, 0.5) is 10.5 Å². The van der Waals surface area contributed by atoms with E-state index < -0.39 is 12.0 Å². The predicted octanol–water partition coefficient (Wildman–Crippen LogP) is 2.67. The van der Waals surface area contributed by atoms with Crippen LogP contribution < -0.4 is 10.6 Å². The zero-order valence-corrected chi connectivity index (χ0v) is 12.7. The summed E-state index contributed by atoms with van der Waals surface area (Å²) in [5.74, 6) is -1.12. The van der Waals surface area contributed by atoms with Crippen LogP contribution in [-0.2, 0) is 0 Å². The van der Waals surface area contributed by atoms with Crippen LogP contribution >= 0.6 is 11.3 Å². The first kappa shape index (κ1) is 15.0. The number of hydrogen-bond donors (Lipinski definition) is 4. The maximum absolute atomic E-state index is 11.9. The second kappa shape index (κ2) is 5.96. The van der Waals surface area contributed by atoms with Crippen LogP contribution in [0, 0.1) is 13.8 Å². The molecule has 0 spiro atoms. The molecule has 1 atom stereocenters. The molecule has 0 bridgehead atoms. The van der Waals surface area contributed by atoms with Gasteiger partial charge in [-0.2, -0.15) is 0 Å². The molecule has 2 heterocycles. The van der Waals surface area contributed by atoms with Crippen LogP contribution in [0.3, 0.4) is 0 Å². The number of aryl methyl sites for hydroxylation is 2. The molecule has 0 aromatic carbocycles. The fraction of sp³-hybridized carbons (Fsp3) is 0.308. The normalized spacial score (nSPS) is 12.0. The molecule has 0 aliphatic rings. The fourth-order valence-corrected chi connectivity index (χ4v) is 2.62. The van der Waals surface area contributed by atoms with Gasteiger partial charge in [0.05, 0.1) is 11.7 Å². The molecular weight excluding hydrogens is 292 g/mol. The predicted molar refractivity (Wildman–Crippen MR) is 79.9 cm³/mol. The van der Waals surface area contributed by atoms with Crippen LogP contribution in [0.1, 0.15) is 39.0 Å². The maximum atomic E-state index is 11.9. The Balaban J connectivity index is 2.03. The van der Waals surface area contributed by atoms with Gasteiger partial charge < -0.3 is 20.7 Å². The van der Waals surface area contributed by atoms with Crippen LogP contribution in [-0.4, -0.2) is 27.1 Å². The minimum absolute atomic E-state index is 0.0413. The summed E-state index contributed by atoms with van der Waals surface area (Å²) >= 11 is 1.50. The number of amides is 2. The average molecular weight is 308 g/mol. The van der Waals surface area contributed by atoms with Gasteiger partial charge in [-0.1, -0.05) is 0 Å². The third-order valence-corrected chi connectivity index (χ3v) is 3.87. The topological polar surface area (TPSA) is 107 Å². The van der Waals surface area contributed by atoms with Gasteiger partial charge in [0.1, 0.15) is 10.7 Å². The van der Waals surface area contributed by atoms with Crippen molar-refractivity contribution < 1.29 is 14.7 Å². The van der Waals surface area contributed by atoms with Crippen LogP contribution in [0.15, 0.2) is 12.3 Å². The second-order valence-corrected chi connectivity index (χ2v) is 5.94. The molecule has 0 saturated carbocycles. The molecule has 112 valence electrons. The van der Waals surface area contributed by atoms with Crippen molar-refractivity contribution in [1.82, 2.24) is 15.3 Å². The zero-order valence-electron chi connectivity index (χ0n) is 11.9. The van der Waals surface area contributed by atoms with Gasteiger partial charge >= 0.3 is 12.0 Å². The third-order valence-electron chi connectivity index (χ3n) is 2.77. The van der Waals surface area contributed by atoms with E-state index in [0.29, 0.717) is 5.69 Å². The number of nitrogens with one attached hydrogen (secondary N) is 3. The van der Waals surface area contributed by atoms with E-state index in [-0.39, 0.29) is 17.4 Å². The number of nitrogens with zero attached hydrogens (tertiary/aromatic N) is 1. The number of carboxylic acids is 1. The first-order chi connectivity index (χ1) is 9.86. The van der Waals surface area contributed by atoms with Gasteiger partial charge in [0.2, 0.25) is 0 Å². The molecule has 0 radical (unpaired) electrons. The van der Waals surface area contributed by atoms with Crippen molar-refractivity contribution in [3.8, 4) is 0 Å². The number of carbonyl (C=O) groups is 2. The number of H-pyrrole nitrogens is 1. The molecule has 2 rings (SSSR count). The highest BCUT2D eigenvalue weighted by Crippen LogP contribution is 2.20. The van der Waals surface area contributed by atoms with Crippen molar-refractivity contribution in [2.75, 3.05) is 5.32 Å². The molecule has 2 amide bonds. The summed E-state index contributed by atoms with van der Waals surface area (Å²) in [4.78, 5) is 30.9. The van der Waals surface area contributed by atoms with E-state index in [4.69, 9.17) is 5.11 Å². The van der Waals surface area contributed by atoms with Crippen LogP contribution in [0.25, 0.3) is 0 Å². The van der Waals surface area contributed by atoms with E-state index in [1.54, 1.807) is 19.2 Å². The number of hydrogen-bond acceptors (Lipinski definition) is 4. The fourth-order valence-electron chi connectivity index (χ4n) is 1.85. The zero-order chi connectivity index (χ0) is 15.6. The van der Waals surface area contributed by atoms with Crippen LogP contribution in [0.2, 0.25) is 0 Å². The van der Waals surface area contributed by atoms with Gasteiger partial charge in [0, 0.05) is 16.8 Å². The van der Waals surface area contributed by atoms with Gasteiger partial charge in [-0.05, 0) is 26.8 Å². The smallest absolute Gasteiger partial charge is 0.354 e. The van der Waals surface area contributed by atoms with E-state index in [1.807, 2.05) is 13.8 Å². The quantitative estimate of drug-likeness (QED) is 0.696.